The van der Waals surface area contributed by atoms with Crippen molar-refractivity contribution in [2.45, 2.75) is 39.2 Å². The molecule has 1 aromatic rings. The molecule has 0 bridgehead atoms. The first-order valence-corrected chi connectivity index (χ1v) is 6.54. The summed E-state index contributed by atoms with van der Waals surface area (Å²) in [5.41, 5.74) is 0.444. The molecule has 1 aromatic heterocycles. The molecular formula is C13H20N4O. The molecule has 18 heavy (non-hydrogen) atoms. The highest BCUT2D eigenvalue weighted by Crippen LogP contribution is 2.17. The summed E-state index contributed by atoms with van der Waals surface area (Å²) in [7, 11) is 0. The summed E-state index contributed by atoms with van der Waals surface area (Å²) in [5, 5.41) is 2.84. The smallest absolute Gasteiger partial charge is 0.270 e. The molecule has 1 fully saturated rings. The lowest BCUT2D eigenvalue weighted by atomic mass is 10.1. The number of carbonyl (C=O) groups excluding carboxylic acids is 1. The van der Waals surface area contributed by atoms with Gasteiger partial charge in [0.05, 0.1) is 0 Å². The van der Waals surface area contributed by atoms with Crippen molar-refractivity contribution in [1.82, 2.24) is 15.3 Å². The minimum Gasteiger partial charge on any atom is -0.357 e. The molecule has 1 amide bonds. The summed E-state index contributed by atoms with van der Waals surface area (Å²) in [6, 6.07) is 1.90. The molecule has 2 rings (SSSR count). The van der Waals surface area contributed by atoms with E-state index < -0.39 is 0 Å². The number of nitrogens with zero attached hydrogens (tertiary/aromatic N) is 3. The molecule has 98 valence electrons. The van der Waals surface area contributed by atoms with Crippen LogP contribution in [0.1, 0.15) is 43.6 Å². The lowest BCUT2D eigenvalue weighted by molar-refractivity contribution is 0.0938. The molecule has 0 aromatic carbocycles. The Balaban J connectivity index is 2.11. The van der Waals surface area contributed by atoms with Crippen molar-refractivity contribution in [2.24, 2.45) is 0 Å². The maximum absolute atomic E-state index is 11.9. The maximum atomic E-state index is 11.9. The van der Waals surface area contributed by atoms with Gasteiger partial charge in [-0.2, -0.15) is 0 Å². The second-order valence-corrected chi connectivity index (χ2v) is 4.94. The third-order valence-corrected chi connectivity index (χ3v) is 2.99. The van der Waals surface area contributed by atoms with E-state index >= 15 is 0 Å². The first-order chi connectivity index (χ1) is 8.66. The van der Waals surface area contributed by atoms with E-state index in [-0.39, 0.29) is 11.9 Å². The van der Waals surface area contributed by atoms with Crippen molar-refractivity contribution in [3.05, 3.63) is 18.1 Å². The van der Waals surface area contributed by atoms with Crippen molar-refractivity contribution in [1.29, 1.82) is 0 Å². The van der Waals surface area contributed by atoms with E-state index in [2.05, 4.69) is 20.2 Å². The van der Waals surface area contributed by atoms with Crippen molar-refractivity contribution in [3.63, 3.8) is 0 Å². The number of anilines is 1. The summed E-state index contributed by atoms with van der Waals surface area (Å²) in [4.78, 5) is 22.4. The van der Waals surface area contributed by atoms with Crippen LogP contribution in [0.3, 0.4) is 0 Å². The Morgan fingerprint density at radius 3 is 2.67 bits per heavy atom. The van der Waals surface area contributed by atoms with E-state index in [9.17, 15) is 4.79 Å². The SMILES string of the molecule is CC(C)NC(=O)c1cc(N2CCCCC2)ncn1. The minimum atomic E-state index is -0.134. The minimum absolute atomic E-state index is 0.117. The van der Waals surface area contributed by atoms with Gasteiger partial charge in [-0.15, -0.1) is 0 Å². The number of nitrogens with one attached hydrogen (secondary N) is 1. The fourth-order valence-electron chi connectivity index (χ4n) is 2.10. The zero-order valence-electron chi connectivity index (χ0n) is 11.0. The van der Waals surface area contributed by atoms with Gasteiger partial charge in [-0.25, -0.2) is 9.97 Å². The molecule has 5 nitrogen and oxygen atoms in total. The quantitative estimate of drug-likeness (QED) is 0.882. The molecule has 1 N–H and O–H groups in total. The molecule has 0 aliphatic carbocycles. The van der Waals surface area contributed by atoms with Crippen molar-refractivity contribution >= 4 is 11.7 Å². The first kappa shape index (κ1) is 12.8. The highest BCUT2D eigenvalue weighted by Gasteiger charge is 2.15. The maximum Gasteiger partial charge on any atom is 0.270 e. The van der Waals surface area contributed by atoms with E-state index in [1.165, 1.54) is 25.6 Å². The number of piperidine rings is 1. The Kier molecular flexibility index (Phi) is 4.12. The van der Waals surface area contributed by atoms with Crippen LogP contribution in [0, 0.1) is 0 Å². The van der Waals surface area contributed by atoms with Crippen LogP contribution in [0.15, 0.2) is 12.4 Å². The number of hydrogen-bond acceptors (Lipinski definition) is 4. The molecule has 5 heteroatoms. The molecule has 0 saturated carbocycles. The van der Waals surface area contributed by atoms with E-state index in [1.807, 2.05) is 13.8 Å². The largest absolute Gasteiger partial charge is 0.357 e. The standard InChI is InChI=1S/C13H20N4O/c1-10(2)16-13(18)11-8-12(15-9-14-11)17-6-4-3-5-7-17/h8-10H,3-7H2,1-2H3,(H,16,18). The molecule has 1 aliphatic heterocycles. The summed E-state index contributed by atoms with van der Waals surface area (Å²) >= 11 is 0. The fraction of sp³-hybridized carbons (Fsp3) is 0.615. The number of carbonyl (C=O) groups is 1. The lowest BCUT2D eigenvalue weighted by Crippen LogP contribution is -2.32. The van der Waals surface area contributed by atoms with Crippen LogP contribution in [0.5, 0.6) is 0 Å². The van der Waals surface area contributed by atoms with E-state index in [0.717, 1.165) is 18.9 Å². The Morgan fingerprint density at radius 1 is 1.28 bits per heavy atom. The molecule has 0 unspecified atom stereocenters. The predicted molar refractivity (Wildman–Crippen MR) is 70.7 cm³/mol. The Morgan fingerprint density at radius 2 is 2.00 bits per heavy atom. The number of rotatable bonds is 3. The van der Waals surface area contributed by atoms with E-state index in [0.29, 0.717) is 5.69 Å². The normalized spacial score (nSPS) is 15.8. The van der Waals surface area contributed by atoms with Crippen LogP contribution in [0.25, 0.3) is 0 Å². The van der Waals surface area contributed by atoms with Crippen LogP contribution in [-0.4, -0.2) is 35.0 Å². The van der Waals surface area contributed by atoms with Crippen LogP contribution >= 0.6 is 0 Å². The van der Waals surface area contributed by atoms with E-state index in [1.54, 1.807) is 6.07 Å². The van der Waals surface area contributed by atoms with Crippen LogP contribution < -0.4 is 10.2 Å². The van der Waals surface area contributed by atoms with Gasteiger partial charge >= 0.3 is 0 Å². The zero-order valence-corrected chi connectivity index (χ0v) is 11.0. The van der Waals surface area contributed by atoms with Gasteiger partial charge in [-0.05, 0) is 33.1 Å². The Bertz CT molecular complexity index is 413. The van der Waals surface area contributed by atoms with Gasteiger partial charge in [0.1, 0.15) is 17.8 Å². The lowest BCUT2D eigenvalue weighted by Gasteiger charge is -2.27. The van der Waals surface area contributed by atoms with Gasteiger partial charge in [0.15, 0.2) is 0 Å². The van der Waals surface area contributed by atoms with Gasteiger partial charge in [0.25, 0.3) is 5.91 Å². The average molecular weight is 248 g/mol. The Labute approximate surface area is 108 Å². The van der Waals surface area contributed by atoms with Crippen molar-refractivity contribution in [3.8, 4) is 0 Å². The third kappa shape index (κ3) is 3.18. The molecule has 2 heterocycles. The highest BCUT2D eigenvalue weighted by atomic mass is 16.1. The van der Waals surface area contributed by atoms with Crippen LogP contribution in [0.4, 0.5) is 5.82 Å². The van der Waals surface area contributed by atoms with Crippen LogP contribution in [-0.2, 0) is 0 Å². The van der Waals surface area contributed by atoms with Crippen molar-refractivity contribution < 1.29 is 4.79 Å². The van der Waals surface area contributed by atoms with E-state index in [4.69, 9.17) is 0 Å². The molecule has 0 spiro atoms. The molecule has 0 atom stereocenters. The summed E-state index contributed by atoms with van der Waals surface area (Å²) < 4.78 is 0. The summed E-state index contributed by atoms with van der Waals surface area (Å²) in [6.07, 6.45) is 5.14. The number of aromatic nitrogens is 2. The van der Waals surface area contributed by atoms with Gasteiger partial charge in [-0.1, -0.05) is 0 Å². The van der Waals surface area contributed by atoms with Crippen LogP contribution in [0.2, 0.25) is 0 Å². The van der Waals surface area contributed by atoms with Gasteiger partial charge in [-0.3, -0.25) is 4.79 Å². The molecule has 1 aliphatic rings. The first-order valence-electron chi connectivity index (χ1n) is 6.54. The van der Waals surface area contributed by atoms with Gasteiger partial charge < -0.3 is 10.2 Å². The second-order valence-electron chi connectivity index (χ2n) is 4.94. The average Bonchev–Trinajstić information content (AvgIpc) is 2.39. The fourth-order valence-corrected chi connectivity index (χ4v) is 2.10. The predicted octanol–water partition coefficient (Wildman–Crippen LogP) is 1.61. The number of amides is 1. The highest BCUT2D eigenvalue weighted by molar-refractivity contribution is 5.93. The molecule has 1 saturated heterocycles. The van der Waals surface area contributed by atoms with Gasteiger partial charge in [0, 0.05) is 25.2 Å². The topological polar surface area (TPSA) is 58.1 Å². The Hall–Kier alpha value is -1.65. The molecular weight excluding hydrogens is 228 g/mol. The monoisotopic (exact) mass is 248 g/mol. The summed E-state index contributed by atoms with van der Waals surface area (Å²) in [5.74, 6) is 0.726. The molecule has 0 radical (unpaired) electrons. The second kappa shape index (κ2) is 5.80. The van der Waals surface area contributed by atoms with Crippen molar-refractivity contribution in [2.75, 3.05) is 18.0 Å². The zero-order chi connectivity index (χ0) is 13.0. The van der Waals surface area contributed by atoms with Gasteiger partial charge in [0.2, 0.25) is 0 Å². The third-order valence-electron chi connectivity index (χ3n) is 2.99. The number of hydrogen-bond donors (Lipinski definition) is 1. The summed E-state index contributed by atoms with van der Waals surface area (Å²) in [6.45, 7) is 5.90.